The topological polar surface area (TPSA) is 131 Å². The minimum atomic E-state index is -4.99. The number of aliphatic hydroxyl groups is 1. The first kappa shape index (κ1) is 33.1. The van der Waals surface area contributed by atoms with Crippen LogP contribution in [0.2, 0.25) is 0 Å². The number of oxazole rings is 1. The van der Waals surface area contributed by atoms with E-state index in [1.165, 1.54) is 17.1 Å². The zero-order valence-electron chi connectivity index (χ0n) is 24.1. The van der Waals surface area contributed by atoms with E-state index in [1.807, 2.05) is 20.8 Å². The Morgan fingerprint density at radius 1 is 1.21 bits per heavy atom. The van der Waals surface area contributed by atoms with Gasteiger partial charge in [-0.15, -0.1) is 13.2 Å². The second kappa shape index (κ2) is 14.6. The largest absolute Gasteiger partial charge is 0.522 e. The molecule has 0 spiro atoms. The molecule has 13 heteroatoms. The summed E-state index contributed by atoms with van der Waals surface area (Å²) < 4.78 is 54.7. The summed E-state index contributed by atoms with van der Waals surface area (Å²) in [6.07, 6.45) is 0.231. The molecule has 2 bridgehead atoms. The van der Waals surface area contributed by atoms with Gasteiger partial charge in [-0.3, -0.25) is 14.3 Å². The number of rotatable bonds is 2. The number of cyclic esters (lactones) is 1. The lowest BCUT2D eigenvalue weighted by molar-refractivity contribution is -0.344. The van der Waals surface area contributed by atoms with Crippen LogP contribution in [0.4, 0.5) is 13.2 Å². The smallest absolute Gasteiger partial charge is 0.460 e. The Kier molecular flexibility index (Phi) is 11.5. The molecule has 3 heterocycles. The molecule has 232 valence electrons. The van der Waals surface area contributed by atoms with E-state index in [9.17, 15) is 32.7 Å². The molecule has 10 nitrogen and oxygen atoms in total. The molecule has 0 aliphatic carbocycles. The molecule has 1 aromatic heterocycles. The summed E-state index contributed by atoms with van der Waals surface area (Å²) in [6, 6.07) is -0.877. The van der Waals surface area contributed by atoms with Crippen molar-refractivity contribution in [2.75, 3.05) is 13.1 Å². The van der Waals surface area contributed by atoms with Gasteiger partial charge in [-0.25, -0.2) is 9.78 Å². The number of halogens is 3. The van der Waals surface area contributed by atoms with Gasteiger partial charge in [0.25, 0.3) is 5.91 Å². The number of esters is 1. The first-order chi connectivity index (χ1) is 19.7. The van der Waals surface area contributed by atoms with Gasteiger partial charge < -0.3 is 24.5 Å². The van der Waals surface area contributed by atoms with Gasteiger partial charge in [0.2, 0.25) is 5.91 Å². The van der Waals surface area contributed by atoms with Crippen LogP contribution in [0, 0.1) is 11.8 Å². The minimum Gasteiger partial charge on any atom is -0.460 e. The Morgan fingerprint density at radius 2 is 1.95 bits per heavy atom. The van der Waals surface area contributed by atoms with Gasteiger partial charge in [0.15, 0.2) is 11.6 Å². The molecular formula is C29H38F3N3O7. The summed E-state index contributed by atoms with van der Waals surface area (Å²) in [7, 11) is 0. The number of amides is 2. The third kappa shape index (κ3) is 9.83. The van der Waals surface area contributed by atoms with E-state index in [2.05, 4.69) is 15.0 Å². The molecule has 1 saturated heterocycles. The normalized spacial score (nSPS) is 30.2. The monoisotopic (exact) mass is 597 g/mol. The lowest BCUT2D eigenvalue weighted by atomic mass is 9.94. The van der Waals surface area contributed by atoms with Gasteiger partial charge in [-0.05, 0) is 31.8 Å². The number of ether oxygens (including phenoxy) is 2. The lowest BCUT2D eigenvalue weighted by Gasteiger charge is -2.29. The first-order valence-corrected chi connectivity index (χ1v) is 13.9. The molecule has 0 aromatic carbocycles. The molecule has 0 radical (unpaired) electrons. The molecule has 2 aliphatic heterocycles. The van der Waals surface area contributed by atoms with E-state index >= 15 is 0 Å². The number of alkyl halides is 3. The maximum Gasteiger partial charge on any atom is 0.522 e. The van der Waals surface area contributed by atoms with E-state index < -0.39 is 55.4 Å². The van der Waals surface area contributed by atoms with Crippen LogP contribution in [0.3, 0.4) is 0 Å². The average molecular weight is 598 g/mol. The number of nitrogens with zero attached hydrogens (tertiary/aromatic N) is 2. The van der Waals surface area contributed by atoms with Crippen LogP contribution in [0.5, 0.6) is 0 Å². The Balaban J connectivity index is 1.91. The number of aromatic nitrogens is 1. The molecule has 5 atom stereocenters. The average Bonchev–Trinajstić information content (AvgIpc) is 3.56. The standard InChI is InChI=1S/C29H38F3N3O7/c1-17(2)26-19(4)9-10-24(37)33-11-5-7-18(3)13-20(36)14-21(42-29(30,31)32)15-25-34-22(16-40-25)27(38)35-12-6-8-23(35)28(39)41-26/h5,7,9-10,13,16-17,19-21,23,26,36H,6,8,11-12,14-15H2,1-4H3,(H,33,37)/b7-5+,10-9+,18-13+/t19-,20-,21+,23-,26?/m1/s1. The fraction of sp³-hybridized carbons (Fsp3) is 0.586. The predicted octanol–water partition coefficient (Wildman–Crippen LogP) is 3.87. The van der Waals surface area contributed by atoms with Gasteiger partial charge >= 0.3 is 12.3 Å². The number of hydrogen-bond donors (Lipinski definition) is 2. The van der Waals surface area contributed by atoms with E-state index in [-0.39, 0.29) is 42.4 Å². The van der Waals surface area contributed by atoms with Gasteiger partial charge in [-0.2, -0.15) is 0 Å². The van der Waals surface area contributed by atoms with Crippen LogP contribution in [0.25, 0.3) is 0 Å². The van der Waals surface area contributed by atoms with Crippen molar-refractivity contribution in [2.24, 2.45) is 11.8 Å². The van der Waals surface area contributed by atoms with E-state index in [1.54, 1.807) is 25.2 Å². The molecular weight excluding hydrogens is 559 g/mol. The van der Waals surface area contributed by atoms with Crippen LogP contribution < -0.4 is 5.32 Å². The van der Waals surface area contributed by atoms with E-state index in [0.717, 1.165) is 6.26 Å². The maximum atomic E-state index is 13.3. The summed E-state index contributed by atoms with van der Waals surface area (Å²) in [6.45, 7) is 7.67. The number of aliphatic hydroxyl groups excluding tert-OH is 1. The Hall–Kier alpha value is -3.45. The summed E-state index contributed by atoms with van der Waals surface area (Å²) in [5.41, 5.74) is 0.383. The van der Waals surface area contributed by atoms with Crippen LogP contribution in [0.1, 0.15) is 63.3 Å². The molecule has 2 N–H and O–H groups in total. The quantitative estimate of drug-likeness (QED) is 0.492. The fourth-order valence-electron chi connectivity index (χ4n) is 5.03. The van der Waals surface area contributed by atoms with Crippen LogP contribution in [-0.4, -0.2) is 76.6 Å². The molecule has 1 unspecified atom stereocenters. The van der Waals surface area contributed by atoms with Crippen molar-refractivity contribution < 1.29 is 46.6 Å². The van der Waals surface area contributed by atoms with Crippen LogP contribution in [-0.2, 0) is 25.5 Å². The maximum absolute atomic E-state index is 13.3. The Morgan fingerprint density at radius 3 is 2.64 bits per heavy atom. The molecule has 2 aliphatic rings. The highest BCUT2D eigenvalue weighted by molar-refractivity contribution is 5.95. The number of nitrogens with one attached hydrogen (secondary N) is 1. The Bertz CT molecular complexity index is 1190. The third-order valence-corrected chi connectivity index (χ3v) is 6.97. The second-order valence-electron chi connectivity index (χ2n) is 10.9. The summed E-state index contributed by atoms with van der Waals surface area (Å²) in [4.78, 5) is 44.2. The molecule has 3 rings (SSSR count). The first-order valence-electron chi connectivity index (χ1n) is 13.9. The van der Waals surface area contributed by atoms with Crippen LogP contribution in [0.15, 0.2) is 46.6 Å². The number of carbonyl (C=O) groups is 3. The highest BCUT2D eigenvalue weighted by atomic mass is 19.4. The fourth-order valence-corrected chi connectivity index (χ4v) is 5.03. The summed E-state index contributed by atoms with van der Waals surface area (Å²) in [5.74, 6) is -2.16. The number of fused-ring (bicyclic) bond motifs is 3. The summed E-state index contributed by atoms with van der Waals surface area (Å²) in [5, 5.41) is 13.1. The van der Waals surface area contributed by atoms with Crippen molar-refractivity contribution in [2.45, 2.75) is 84.1 Å². The third-order valence-electron chi connectivity index (χ3n) is 6.97. The van der Waals surface area contributed by atoms with E-state index in [0.29, 0.717) is 18.4 Å². The highest BCUT2D eigenvalue weighted by Crippen LogP contribution is 2.27. The van der Waals surface area contributed by atoms with Crippen molar-refractivity contribution in [1.82, 2.24) is 15.2 Å². The molecule has 1 fully saturated rings. The van der Waals surface area contributed by atoms with Crippen molar-refractivity contribution >= 4 is 17.8 Å². The van der Waals surface area contributed by atoms with Gasteiger partial charge in [0, 0.05) is 25.4 Å². The number of carbonyl (C=O) groups excluding carboxylic acids is 3. The molecule has 42 heavy (non-hydrogen) atoms. The zero-order valence-corrected chi connectivity index (χ0v) is 24.1. The van der Waals surface area contributed by atoms with Gasteiger partial charge in [0.1, 0.15) is 18.4 Å². The molecule has 1 aromatic rings. The predicted molar refractivity (Wildman–Crippen MR) is 145 cm³/mol. The SMILES string of the molecule is CC1=C\[C@@H](O)C[C@H](OC(F)(F)F)Cc2nc(co2)C(=O)N2CCC[C@@H]2C(=O)OC(C(C)C)[C@H](C)/C=C/C(=O)NC\C=C\1. The van der Waals surface area contributed by atoms with Gasteiger partial charge in [-0.1, -0.05) is 50.6 Å². The van der Waals surface area contributed by atoms with Crippen molar-refractivity contribution in [1.29, 1.82) is 0 Å². The second-order valence-corrected chi connectivity index (χ2v) is 10.9. The van der Waals surface area contributed by atoms with Crippen molar-refractivity contribution in [3.8, 4) is 0 Å². The summed E-state index contributed by atoms with van der Waals surface area (Å²) >= 11 is 0. The van der Waals surface area contributed by atoms with Crippen LogP contribution >= 0.6 is 0 Å². The number of hydrogen-bond acceptors (Lipinski definition) is 8. The van der Waals surface area contributed by atoms with E-state index in [4.69, 9.17) is 9.15 Å². The van der Waals surface area contributed by atoms with Crippen molar-refractivity contribution in [3.05, 3.63) is 53.8 Å². The van der Waals surface area contributed by atoms with Crippen molar-refractivity contribution in [3.63, 3.8) is 0 Å². The highest BCUT2D eigenvalue weighted by Gasteiger charge is 2.39. The molecule has 0 saturated carbocycles. The minimum absolute atomic E-state index is 0.0882. The Labute approximate surface area is 242 Å². The van der Waals surface area contributed by atoms with Gasteiger partial charge in [0.05, 0.1) is 18.6 Å². The molecule has 2 amide bonds. The zero-order chi connectivity index (χ0) is 31.0. The lowest BCUT2D eigenvalue weighted by Crippen LogP contribution is -2.44. The number of allylic oxidation sites excluding steroid dienone is 2.